The lowest BCUT2D eigenvalue weighted by atomic mass is 10.2. The first-order valence-corrected chi connectivity index (χ1v) is 2.89. The number of nitrogens with two attached hydrogens (primary N) is 1. The van der Waals surface area contributed by atoms with E-state index in [-0.39, 0.29) is 0 Å². The monoisotopic (exact) mass is 129 g/mol. The molecule has 0 radical (unpaired) electrons. The van der Waals surface area contributed by atoms with Gasteiger partial charge in [-0.15, -0.1) is 0 Å². The summed E-state index contributed by atoms with van der Waals surface area (Å²) in [5.41, 5.74) is 2.68. The van der Waals surface area contributed by atoms with E-state index in [0.29, 0.717) is 5.92 Å². The Bertz CT molecular complexity index is 132. The lowest BCUT2D eigenvalue weighted by Crippen LogP contribution is -2.35. The summed E-state index contributed by atoms with van der Waals surface area (Å²) >= 11 is 0. The zero-order valence-electron chi connectivity index (χ0n) is 5.59. The molecule has 4 nitrogen and oxygen atoms in total. The summed E-state index contributed by atoms with van der Waals surface area (Å²) in [7, 11) is 0. The summed E-state index contributed by atoms with van der Waals surface area (Å²) in [6.45, 7) is 4.07. The largest absolute Gasteiger partial charge is 0.374 e. The van der Waals surface area contributed by atoms with Crippen LogP contribution in [0.25, 0.3) is 0 Å². The highest BCUT2D eigenvalue weighted by molar-refractivity contribution is 4.95. The van der Waals surface area contributed by atoms with Gasteiger partial charge < -0.3 is 4.84 Å². The Morgan fingerprint density at radius 1 is 1.78 bits per heavy atom. The van der Waals surface area contributed by atoms with Crippen LogP contribution in [-0.4, -0.2) is 5.28 Å². The molecule has 0 aromatic heterocycles. The molecule has 0 unspecified atom stereocenters. The molecule has 0 saturated heterocycles. The van der Waals surface area contributed by atoms with Gasteiger partial charge in [0.05, 0.1) is 6.20 Å². The van der Waals surface area contributed by atoms with Gasteiger partial charge in [-0.2, -0.15) is 0 Å². The molecule has 0 aliphatic carbocycles. The fourth-order valence-corrected chi connectivity index (χ4v) is 0.566. The molecule has 1 aliphatic rings. The molecule has 0 aromatic rings. The normalized spacial score (nSPS) is 19.3. The highest BCUT2D eigenvalue weighted by atomic mass is 16.7. The number of hydrogen-bond donors (Lipinski definition) is 2. The summed E-state index contributed by atoms with van der Waals surface area (Å²) in [6, 6.07) is 0. The predicted molar refractivity (Wildman–Crippen MR) is 33.2 cm³/mol. The van der Waals surface area contributed by atoms with Gasteiger partial charge in [0.2, 0.25) is 0 Å². The van der Waals surface area contributed by atoms with Crippen molar-refractivity contribution in [3.63, 3.8) is 0 Å². The van der Waals surface area contributed by atoms with Crippen LogP contribution in [0, 0.1) is 5.92 Å². The number of rotatable bonds is 1. The smallest absolute Gasteiger partial charge is 0.148 e. The number of nitrogens with one attached hydrogen (secondary N) is 1. The van der Waals surface area contributed by atoms with Gasteiger partial charge in [-0.25, -0.2) is 5.84 Å². The van der Waals surface area contributed by atoms with Crippen LogP contribution in [0.4, 0.5) is 0 Å². The molecule has 0 spiro atoms. The Morgan fingerprint density at radius 2 is 2.44 bits per heavy atom. The number of hydrazine groups is 2. The van der Waals surface area contributed by atoms with Gasteiger partial charge in [-0.3, -0.25) is 5.43 Å². The fourth-order valence-electron chi connectivity index (χ4n) is 0.566. The summed E-state index contributed by atoms with van der Waals surface area (Å²) in [5, 5.41) is 1.08. The minimum Gasteiger partial charge on any atom is -0.374 e. The number of allylic oxidation sites excluding steroid dienone is 1. The highest BCUT2D eigenvalue weighted by Gasteiger charge is 2.13. The minimum absolute atomic E-state index is 0.381. The van der Waals surface area contributed by atoms with Gasteiger partial charge in [-0.1, -0.05) is 13.8 Å². The highest BCUT2D eigenvalue weighted by Crippen LogP contribution is 2.13. The van der Waals surface area contributed by atoms with Crippen molar-refractivity contribution in [2.75, 3.05) is 0 Å². The first kappa shape index (κ1) is 6.38. The van der Waals surface area contributed by atoms with Crippen molar-refractivity contribution in [2.24, 2.45) is 11.8 Å². The van der Waals surface area contributed by atoms with E-state index >= 15 is 0 Å². The second-order valence-electron chi connectivity index (χ2n) is 2.25. The zero-order valence-corrected chi connectivity index (χ0v) is 5.59. The Labute approximate surface area is 54.2 Å². The Kier molecular flexibility index (Phi) is 1.59. The molecule has 52 valence electrons. The molecule has 0 saturated carbocycles. The summed E-state index contributed by atoms with van der Waals surface area (Å²) in [5.74, 6) is 6.45. The van der Waals surface area contributed by atoms with Crippen LogP contribution >= 0.6 is 0 Å². The maximum Gasteiger partial charge on any atom is 0.148 e. The topological polar surface area (TPSA) is 50.5 Å². The molecule has 1 rings (SSSR count). The Morgan fingerprint density at radius 3 is 2.67 bits per heavy atom. The molecule has 3 N–H and O–H groups in total. The van der Waals surface area contributed by atoms with Crippen LogP contribution in [0.15, 0.2) is 12.0 Å². The van der Waals surface area contributed by atoms with E-state index in [1.54, 1.807) is 6.20 Å². The van der Waals surface area contributed by atoms with Crippen molar-refractivity contribution in [2.45, 2.75) is 13.8 Å². The Balaban J connectivity index is 2.45. The van der Waals surface area contributed by atoms with E-state index in [1.165, 1.54) is 0 Å². The van der Waals surface area contributed by atoms with Gasteiger partial charge in [0, 0.05) is 11.2 Å². The third-order valence-electron chi connectivity index (χ3n) is 1.11. The molecule has 1 aliphatic heterocycles. The van der Waals surface area contributed by atoms with Crippen LogP contribution in [0.5, 0.6) is 0 Å². The molecule has 0 bridgehead atoms. The summed E-state index contributed by atoms with van der Waals surface area (Å²) in [4.78, 5) is 4.98. The second kappa shape index (κ2) is 2.24. The zero-order chi connectivity index (χ0) is 6.85. The van der Waals surface area contributed by atoms with Crippen molar-refractivity contribution in [1.82, 2.24) is 10.7 Å². The van der Waals surface area contributed by atoms with Crippen molar-refractivity contribution in [1.29, 1.82) is 0 Å². The SMILES string of the molecule is CC(C)C1=CNN(N)O1. The first-order chi connectivity index (χ1) is 4.20. The molecule has 0 amide bonds. The first-order valence-electron chi connectivity index (χ1n) is 2.89. The van der Waals surface area contributed by atoms with Gasteiger partial charge in [0.15, 0.2) is 0 Å². The molecule has 0 aromatic carbocycles. The van der Waals surface area contributed by atoms with E-state index in [0.717, 1.165) is 11.0 Å². The third kappa shape index (κ3) is 1.34. The minimum atomic E-state index is 0.381. The van der Waals surface area contributed by atoms with E-state index in [9.17, 15) is 0 Å². The second-order valence-corrected chi connectivity index (χ2v) is 2.25. The molecule has 0 atom stereocenters. The summed E-state index contributed by atoms with van der Waals surface area (Å²) < 4.78 is 0. The molecular weight excluding hydrogens is 118 g/mol. The fraction of sp³-hybridized carbons (Fsp3) is 0.600. The van der Waals surface area contributed by atoms with E-state index in [4.69, 9.17) is 10.7 Å². The van der Waals surface area contributed by atoms with Crippen LogP contribution in [-0.2, 0) is 4.84 Å². The van der Waals surface area contributed by atoms with Gasteiger partial charge >= 0.3 is 0 Å². The Hall–Kier alpha value is -0.740. The van der Waals surface area contributed by atoms with Crippen LogP contribution < -0.4 is 11.3 Å². The maximum atomic E-state index is 5.21. The van der Waals surface area contributed by atoms with E-state index in [2.05, 4.69) is 5.43 Å². The molecular formula is C5H11N3O. The third-order valence-corrected chi connectivity index (χ3v) is 1.11. The average Bonchev–Trinajstić information content (AvgIpc) is 2.14. The van der Waals surface area contributed by atoms with Gasteiger partial charge in [0.1, 0.15) is 5.76 Å². The van der Waals surface area contributed by atoms with Crippen LogP contribution in [0.3, 0.4) is 0 Å². The number of nitrogens with zero attached hydrogens (tertiary/aromatic N) is 1. The molecule has 1 heterocycles. The lowest BCUT2D eigenvalue weighted by Gasteiger charge is -2.09. The van der Waals surface area contributed by atoms with Gasteiger partial charge in [-0.05, 0) is 0 Å². The average molecular weight is 129 g/mol. The molecule has 0 fully saturated rings. The van der Waals surface area contributed by atoms with E-state index in [1.807, 2.05) is 13.8 Å². The number of hydrogen-bond acceptors (Lipinski definition) is 4. The van der Waals surface area contributed by atoms with Crippen molar-refractivity contribution >= 4 is 0 Å². The predicted octanol–water partition coefficient (Wildman–Crippen LogP) is 0.109. The quantitative estimate of drug-likeness (QED) is 0.493. The lowest BCUT2D eigenvalue weighted by molar-refractivity contribution is -0.135. The van der Waals surface area contributed by atoms with Crippen molar-refractivity contribution in [3.8, 4) is 0 Å². The van der Waals surface area contributed by atoms with Crippen molar-refractivity contribution in [3.05, 3.63) is 12.0 Å². The van der Waals surface area contributed by atoms with Gasteiger partial charge in [0.25, 0.3) is 0 Å². The molecule has 4 heteroatoms. The van der Waals surface area contributed by atoms with Crippen molar-refractivity contribution < 1.29 is 4.84 Å². The summed E-state index contributed by atoms with van der Waals surface area (Å²) in [6.07, 6.45) is 1.74. The van der Waals surface area contributed by atoms with Crippen LogP contribution in [0.2, 0.25) is 0 Å². The van der Waals surface area contributed by atoms with E-state index < -0.39 is 0 Å². The molecule has 9 heavy (non-hydrogen) atoms. The standard InChI is InChI=1S/C5H11N3O/c1-4(2)5-3-7-8(6)9-5/h3-4,7H,6H2,1-2H3. The maximum absolute atomic E-state index is 5.21. The van der Waals surface area contributed by atoms with Crippen LogP contribution in [0.1, 0.15) is 13.8 Å².